The number of benzene rings is 1. The van der Waals surface area contributed by atoms with Gasteiger partial charge in [-0.15, -0.1) is 4.40 Å². The van der Waals surface area contributed by atoms with Gasteiger partial charge in [-0.3, -0.25) is 0 Å². The van der Waals surface area contributed by atoms with E-state index in [1.807, 2.05) is 0 Å². The zero-order valence-electron chi connectivity index (χ0n) is 13.6. The molecule has 2 aromatic rings. The molecule has 0 radical (unpaired) electrons. The molecule has 7 nitrogen and oxygen atoms in total. The molecular formula is C13H17N5O2S4. The van der Waals surface area contributed by atoms with Crippen LogP contribution < -0.4 is 14.6 Å². The summed E-state index contributed by atoms with van der Waals surface area (Å²) in [5.74, 6) is 0. The molecule has 0 bridgehead atoms. The van der Waals surface area contributed by atoms with Gasteiger partial charge in [-0.1, -0.05) is 18.2 Å². The van der Waals surface area contributed by atoms with Crippen molar-refractivity contribution in [3.8, 4) is 0 Å². The molecule has 130 valence electrons. The van der Waals surface area contributed by atoms with Crippen LogP contribution in [0.2, 0.25) is 0 Å². The first-order chi connectivity index (χ1) is 11.2. The molecule has 1 aromatic carbocycles. The van der Waals surface area contributed by atoms with Crippen LogP contribution in [0.1, 0.15) is 0 Å². The molecule has 0 saturated heterocycles. The molecule has 0 spiro atoms. The van der Waals surface area contributed by atoms with Crippen molar-refractivity contribution in [1.29, 1.82) is 0 Å². The van der Waals surface area contributed by atoms with Gasteiger partial charge in [0.2, 0.25) is 9.60 Å². The molecule has 0 aliphatic heterocycles. The normalized spacial score (nSPS) is 13.2. The van der Waals surface area contributed by atoms with Crippen molar-refractivity contribution in [2.75, 3.05) is 33.2 Å². The van der Waals surface area contributed by atoms with Gasteiger partial charge >= 0.3 is 0 Å². The number of rotatable bonds is 3. The molecule has 0 amide bonds. The van der Waals surface area contributed by atoms with Crippen molar-refractivity contribution < 1.29 is 8.42 Å². The summed E-state index contributed by atoms with van der Waals surface area (Å²) in [5.41, 5.74) is 0. The Hall–Kier alpha value is -1.56. The van der Waals surface area contributed by atoms with Crippen LogP contribution in [0.5, 0.6) is 0 Å². The Kier molecular flexibility index (Phi) is 5.91. The lowest BCUT2D eigenvalue weighted by Gasteiger charge is -2.14. The van der Waals surface area contributed by atoms with Gasteiger partial charge in [-0.05, 0) is 45.0 Å². The fraction of sp³-hybridized carbons (Fsp3) is 0.308. The summed E-state index contributed by atoms with van der Waals surface area (Å²) in [6.07, 6.45) is 0. The highest BCUT2D eigenvalue weighted by Crippen LogP contribution is 2.10. The number of thiocarbonyl (C=S) groups is 1. The molecule has 0 atom stereocenters. The van der Waals surface area contributed by atoms with Crippen molar-refractivity contribution in [3.63, 3.8) is 0 Å². The fourth-order valence-corrected chi connectivity index (χ4v) is 5.30. The first-order valence-electron chi connectivity index (χ1n) is 6.74. The van der Waals surface area contributed by atoms with Gasteiger partial charge in [0.1, 0.15) is 0 Å². The van der Waals surface area contributed by atoms with E-state index in [0.717, 1.165) is 0 Å². The number of hydrogen-bond acceptors (Lipinski definition) is 6. The van der Waals surface area contributed by atoms with Gasteiger partial charge < -0.3 is 9.91 Å². The predicted molar refractivity (Wildman–Crippen MR) is 101 cm³/mol. The van der Waals surface area contributed by atoms with Gasteiger partial charge in [0, 0.05) is 28.2 Å². The Morgan fingerprint density at radius 2 is 1.67 bits per heavy atom. The quantitative estimate of drug-likeness (QED) is 0.561. The zero-order valence-corrected chi connectivity index (χ0v) is 16.8. The summed E-state index contributed by atoms with van der Waals surface area (Å²) < 4.78 is 30.5. The highest BCUT2D eigenvalue weighted by molar-refractivity contribution is 7.90. The smallest absolute Gasteiger partial charge is 0.285 e. The van der Waals surface area contributed by atoms with Gasteiger partial charge in [-0.25, -0.2) is 4.68 Å². The highest BCUT2D eigenvalue weighted by Gasteiger charge is 2.14. The van der Waals surface area contributed by atoms with Crippen molar-refractivity contribution in [2.24, 2.45) is 9.39 Å². The average Bonchev–Trinajstić information content (AvgIpc) is 2.89. The predicted octanol–water partition coefficient (Wildman–Crippen LogP) is 0.846. The van der Waals surface area contributed by atoms with Crippen LogP contribution in [-0.4, -0.2) is 51.3 Å². The number of aromatic nitrogens is 1. The van der Waals surface area contributed by atoms with Crippen LogP contribution in [0.4, 0.5) is 0 Å². The van der Waals surface area contributed by atoms with Crippen LogP contribution in [0.25, 0.3) is 0 Å². The molecule has 0 N–H and O–H groups in total. The fourth-order valence-electron chi connectivity index (χ4n) is 1.62. The highest BCUT2D eigenvalue weighted by atomic mass is 32.9. The largest absolute Gasteiger partial charge is 0.353 e. The minimum atomic E-state index is -3.79. The summed E-state index contributed by atoms with van der Waals surface area (Å²) in [7, 11) is 5.91. The summed E-state index contributed by atoms with van der Waals surface area (Å²) in [4.78, 5) is 7.09. The molecule has 1 aromatic heterocycles. The van der Waals surface area contributed by atoms with Crippen molar-refractivity contribution in [1.82, 2.24) is 9.58 Å². The van der Waals surface area contributed by atoms with Crippen LogP contribution in [0, 0.1) is 0 Å². The van der Waals surface area contributed by atoms with Gasteiger partial charge in [-0.2, -0.15) is 13.4 Å². The maximum Gasteiger partial charge on any atom is 0.285 e. The van der Waals surface area contributed by atoms with E-state index in [-0.39, 0.29) is 4.90 Å². The molecule has 2 rings (SSSR count). The lowest BCUT2D eigenvalue weighted by molar-refractivity contribution is 0.594. The molecule has 0 unspecified atom stereocenters. The van der Waals surface area contributed by atoms with E-state index in [4.69, 9.17) is 12.2 Å². The Balaban J connectivity index is 2.64. The van der Waals surface area contributed by atoms with Gasteiger partial charge in [0.05, 0.1) is 4.90 Å². The molecular weight excluding hydrogens is 386 g/mol. The molecule has 0 saturated carbocycles. The Morgan fingerprint density at radius 1 is 1.08 bits per heavy atom. The topological polar surface area (TPSA) is 70.3 Å². The van der Waals surface area contributed by atoms with E-state index >= 15 is 0 Å². The second kappa shape index (κ2) is 7.55. The van der Waals surface area contributed by atoms with Gasteiger partial charge in [0.15, 0.2) is 5.11 Å². The molecule has 11 heteroatoms. The van der Waals surface area contributed by atoms with E-state index in [1.165, 1.54) is 32.8 Å². The Bertz CT molecular complexity index is 952. The number of nitrogens with zero attached hydrogens (tertiary/aromatic N) is 5. The van der Waals surface area contributed by atoms with Crippen molar-refractivity contribution in [3.05, 3.63) is 39.9 Å². The Labute approximate surface area is 153 Å². The first kappa shape index (κ1) is 18.8. The second-order valence-corrected chi connectivity index (χ2v) is 9.09. The molecule has 1 heterocycles. The van der Waals surface area contributed by atoms with E-state index < -0.39 is 10.0 Å². The maximum absolute atomic E-state index is 12.5. The number of sulfonamides is 1. The third kappa shape index (κ3) is 4.29. The lowest BCUT2D eigenvalue weighted by Crippen LogP contribution is -2.42. The standard InChI is InChI=1S/C13H17N5O2S4/c1-16(2)11(21)14-12-18(17(3)4)13(23-22-12)15-24(19,20)10-8-6-5-7-9-10/h5-9H,1-4H3/b14-12+,15-13-. The summed E-state index contributed by atoms with van der Waals surface area (Å²) in [6.45, 7) is 0. The second-order valence-electron chi connectivity index (χ2n) is 5.06. The zero-order chi connectivity index (χ0) is 17.9. The van der Waals surface area contributed by atoms with Crippen molar-refractivity contribution >= 4 is 48.0 Å². The maximum atomic E-state index is 12.5. The summed E-state index contributed by atoms with van der Waals surface area (Å²) in [6, 6.07) is 8.11. The monoisotopic (exact) mass is 403 g/mol. The third-order valence-electron chi connectivity index (χ3n) is 2.77. The minimum absolute atomic E-state index is 0.149. The van der Waals surface area contributed by atoms with E-state index in [0.29, 0.717) is 14.7 Å². The van der Waals surface area contributed by atoms with E-state index in [2.05, 4.69) is 9.39 Å². The summed E-state index contributed by atoms with van der Waals surface area (Å²) >= 11 is 5.19. The van der Waals surface area contributed by atoms with Crippen LogP contribution in [-0.2, 0) is 10.0 Å². The van der Waals surface area contributed by atoms with Gasteiger partial charge in [0.25, 0.3) is 10.0 Å². The summed E-state index contributed by atoms with van der Waals surface area (Å²) in [5, 5.41) is 2.11. The van der Waals surface area contributed by atoms with E-state index in [9.17, 15) is 8.42 Å². The third-order valence-corrected chi connectivity index (χ3v) is 6.67. The lowest BCUT2D eigenvalue weighted by atomic mass is 10.4. The molecule has 0 aliphatic rings. The number of hydrogen-bond donors (Lipinski definition) is 0. The molecule has 24 heavy (non-hydrogen) atoms. The average molecular weight is 404 g/mol. The van der Waals surface area contributed by atoms with Crippen LogP contribution in [0.15, 0.2) is 44.6 Å². The SMILES string of the molecule is CN(C)C(=S)/N=c1/ss/c(=N\S(=O)(=O)c2ccccc2)n1N(C)C. The van der Waals surface area contributed by atoms with E-state index in [1.54, 1.807) is 61.0 Å². The first-order valence-corrected chi connectivity index (χ1v) is 10.7. The van der Waals surface area contributed by atoms with Crippen LogP contribution >= 0.6 is 32.9 Å². The Morgan fingerprint density at radius 3 is 2.21 bits per heavy atom. The molecule has 0 aliphatic carbocycles. The molecule has 0 fully saturated rings. The van der Waals surface area contributed by atoms with Crippen molar-refractivity contribution in [2.45, 2.75) is 4.90 Å². The van der Waals surface area contributed by atoms with Crippen LogP contribution in [0.3, 0.4) is 0 Å². The minimum Gasteiger partial charge on any atom is -0.353 e.